The maximum absolute atomic E-state index is 13.5. The summed E-state index contributed by atoms with van der Waals surface area (Å²) in [5.41, 5.74) is 17.9. The Bertz CT molecular complexity index is 1220. The van der Waals surface area contributed by atoms with Crippen LogP contribution in [0.15, 0.2) is 35.5 Å². The van der Waals surface area contributed by atoms with Gasteiger partial charge in [-0.15, -0.1) is 0 Å². The lowest BCUT2D eigenvalue weighted by Gasteiger charge is -2.26. The normalized spacial score (nSPS) is 14.9. The number of carboxylic acid groups (broad SMARTS) is 1. The van der Waals surface area contributed by atoms with Crippen molar-refractivity contribution in [3.05, 3.63) is 36.0 Å². The predicted octanol–water partition coefficient (Wildman–Crippen LogP) is -0.943. The van der Waals surface area contributed by atoms with Gasteiger partial charge in [-0.2, -0.15) is 0 Å². The number of para-hydroxylation sites is 1. The number of H-pyrrole nitrogens is 1. The summed E-state index contributed by atoms with van der Waals surface area (Å²) in [6.45, 7) is 5.26. The first-order chi connectivity index (χ1) is 19.3. The Morgan fingerprint density at radius 3 is 2.17 bits per heavy atom. The fourth-order valence-corrected chi connectivity index (χ4v) is 4.23. The van der Waals surface area contributed by atoms with Crippen molar-refractivity contribution in [1.82, 2.24) is 20.9 Å². The molecule has 3 amide bonds. The van der Waals surface area contributed by atoms with Gasteiger partial charge >= 0.3 is 5.97 Å². The molecule has 0 radical (unpaired) electrons. The van der Waals surface area contributed by atoms with Gasteiger partial charge in [0.2, 0.25) is 17.7 Å². The minimum Gasteiger partial charge on any atom is -0.480 e. The number of aromatic nitrogens is 1. The summed E-state index contributed by atoms with van der Waals surface area (Å²) in [6, 6.07) is 2.67. The monoisotopic (exact) mass is 574 g/mol. The van der Waals surface area contributed by atoms with Crippen LogP contribution < -0.4 is 33.2 Å². The van der Waals surface area contributed by atoms with Crippen molar-refractivity contribution < 1.29 is 29.4 Å². The SMILES string of the molecule is CC(C)CC(NC(=O)C(N)C(C)O)C(=O)NC(Cc1c[nH]c2ccccc12)C(=O)NC(CCCN=C(N)N)C(=O)O. The number of fused-ring (bicyclic) bond motifs is 1. The van der Waals surface area contributed by atoms with Crippen molar-refractivity contribution in [2.75, 3.05) is 6.54 Å². The van der Waals surface area contributed by atoms with Crippen molar-refractivity contribution in [1.29, 1.82) is 0 Å². The van der Waals surface area contributed by atoms with Crippen LogP contribution in [0, 0.1) is 5.92 Å². The van der Waals surface area contributed by atoms with E-state index < -0.39 is 54.0 Å². The van der Waals surface area contributed by atoms with Crippen molar-refractivity contribution >= 4 is 40.6 Å². The quantitative estimate of drug-likeness (QED) is 0.0680. The molecule has 14 heteroatoms. The number of hydrogen-bond acceptors (Lipinski definition) is 7. The number of aromatic amines is 1. The second-order valence-electron chi connectivity index (χ2n) is 10.4. The van der Waals surface area contributed by atoms with Gasteiger partial charge in [0, 0.05) is 30.1 Å². The number of nitrogens with one attached hydrogen (secondary N) is 4. The number of aliphatic hydroxyl groups is 1. The molecule has 14 nitrogen and oxygen atoms in total. The van der Waals surface area contributed by atoms with Crippen LogP contribution in [0.5, 0.6) is 0 Å². The number of amides is 3. The number of aliphatic hydroxyl groups excluding tert-OH is 1. The third-order valence-electron chi connectivity index (χ3n) is 6.45. The second kappa shape index (κ2) is 15.6. The molecule has 226 valence electrons. The highest BCUT2D eigenvalue weighted by Crippen LogP contribution is 2.19. The van der Waals surface area contributed by atoms with Crippen molar-refractivity contribution in [3.8, 4) is 0 Å². The molecule has 1 aromatic heterocycles. The molecule has 0 bridgehead atoms. The molecule has 0 saturated heterocycles. The minimum absolute atomic E-state index is 0.0173. The lowest BCUT2D eigenvalue weighted by Crippen LogP contribution is -2.58. The van der Waals surface area contributed by atoms with E-state index in [0.717, 1.165) is 16.5 Å². The standard InChI is InChI=1S/C27H42N8O6/c1-14(2)11-20(35-25(39)22(28)15(3)36)23(37)34-21(12-16-13-32-18-8-5-4-7-17(16)18)24(38)33-19(26(40)41)9-6-10-31-27(29)30/h4-5,7-8,13-15,19-22,32,36H,6,9-12,28H2,1-3H3,(H,33,38)(H,34,37)(H,35,39)(H,40,41)(H4,29,30,31). The fraction of sp³-hybridized carbons (Fsp3) is 0.519. The van der Waals surface area contributed by atoms with E-state index in [2.05, 4.69) is 25.9 Å². The highest BCUT2D eigenvalue weighted by atomic mass is 16.4. The van der Waals surface area contributed by atoms with Gasteiger partial charge in [0.1, 0.15) is 24.2 Å². The molecule has 2 aromatic rings. The summed E-state index contributed by atoms with van der Waals surface area (Å²) in [7, 11) is 0. The number of aliphatic imine (C=N–C) groups is 1. The number of benzene rings is 1. The molecular formula is C27H42N8O6. The van der Waals surface area contributed by atoms with Crippen LogP contribution in [0.3, 0.4) is 0 Å². The number of hydrogen-bond donors (Lipinski definition) is 9. The number of carbonyl (C=O) groups excluding carboxylic acids is 3. The van der Waals surface area contributed by atoms with E-state index in [0.29, 0.717) is 6.42 Å². The van der Waals surface area contributed by atoms with Crippen LogP contribution >= 0.6 is 0 Å². The molecule has 0 saturated carbocycles. The number of nitrogens with two attached hydrogens (primary N) is 3. The van der Waals surface area contributed by atoms with Gasteiger partial charge in [0.15, 0.2) is 5.96 Å². The van der Waals surface area contributed by atoms with Gasteiger partial charge in [0.05, 0.1) is 6.10 Å². The van der Waals surface area contributed by atoms with E-state index in [1.165, 1.54) is 6.92 Å². The highest BCUT2D eigenvalue weighted by Gasteiger charge is 2.32. The Hall–Kier alpha value is -4.17. The molecule has 5 unspecified atom stereocenters. The Morgan fingerprint density at radius 1 is 0.951 bits per heavy atom. The van der Waals surface area contributed by atoms with E-state index in [-0.39, 0.29) is 37.7 Å². The lowest BCUT2D eigenvalue weighted by molar-refractivity contribution is -0.142. The first-order valence-electron chi connectivity index (χ1n) is 13.5. The fourth-order valence-electron chi connectivity index (χ4n) is 4.23. The van der Waals surface area contributed by atoms with Crippen LogP contribution in [-0.2, 0) is 25.6 Å². The first-order valence-corrected chi connectivity index (χ1v) is 13.5. The average molecular weight is 575 g/mol. The van der Waals surface area contributed by atoms with Gasteiger partial charge in [-0.1, -0.05) is 32.0 Å². The van der Waals surface area contributed by atoms with Crippen LogP contribution in [-0.4, -0.2) is 81.7 Å². The summed E-state index contributed by atoms with van der Waals surface area (Å²) in [5, 5.41) is 28.0. The maximum Gasteiger partial charge on any atom is 0.326 e. The molecule has 0 spiro atoms. The molecule has 0 aliphatic rings. The Labute approximate surface area is 238 Å². The Kier molecular flexibility index (Phi) is 12.5. The topological polar surface area (TPSA) is 251 Å². The van der Waals surface area contributed by atoms with E-state index in [9.17, 15) is 29.4 Å². The minimum atomic E-state index is -1.26. The molecule has 0 fully saturated rings. The summed E-state index contributed by atoms with van der Waals surface area (Å²) in [5.74, 6) is -3.48. The second-order valence-corrected chi connectivity index (χ2v) is 10.4. The van der Waals surface area contributed by atoms with Crippen molar-refractivity contribution in [3.63, 3.8) is 0 Å². The van der Waals surface area contributed by atoms with Gasteiger partial charge < -0.3 is 48.3 Å². The number of rotatable bonds is 16. The van der Waals surface area contributed by atoms with Gasteiger partial charge in [-0.3, -0.25) is 19.4 Å². The van der Waals surface area contributed by atoms with Crippen LogP contribution in [0.4, 0.5) is 0 Å². The lowest BCUT2D eigenvalue weighted by atomic mass is 10.00. The molecule has 12 N–H and O–H groups in total. The van der Waals surface area contributed by atoms with Crippen molar-refractivity contribution in [2.45, 2.75) is 76.7 Å². The number of carbonyl (C=O) groups is 4. The maximum atomic E-state index is 13.5. The van der Waals surface area contributed by atoms with E-state index >= 15 is 0 Å². The number of aliphatic carboxylic acids is 1. The highest BCUT2D eigenvalue weighted by molar-refractivity contribution is 5.95. The van der Waals surface area contributed by atoms with Crippen molar-refractivity contribution in [2.24, 2.45) is 28.1 Å². The smallest absolute Gasteiger partial charge is 0.326 e. The number of nitrogens with zero attached hydrogens (tertiary/aromatic N) is 1. The number of guanidine groups is 1. The number of carboxylic acids is 1. The summed E-state index contributed by atoms with van der Waals surface area (Å²) >= 11 is 0. The Morgan fingerprint density at radius 2 is 1.56 bits per heavy atom. The molecule has 1 aromatic carbocycles. The van der Waals surface area contributed by atoms with E-state index in [1.54, 1.807) is 6.20 Å². The van der Waals surface area contributed by atoms with E-state index in [4.69, 9.17) is 17.2 Å². The Balaban J connectivity index is 2.31. The summed E-state index contributed by atoms with van der Waals surface area (Å²) in [6.07, 6.45) is 1.19. The summed E-state index contributed by atoms with van der Waals surface area (Å²) in [4.78, 5) is 58.3. The molecule has 1 heterocycles. The molecule has 0 aliphatic heterocycles. The zero-order chi connectivity index (χ0) is 30.7. The predicted molar refractivity (Wildman–Crippen MR) is 154 cm³/mol. The molecule has 41 heavy (non-hydrogen) atoms. The van der Waals surface area contributed by atoms with Crippen LogP contribution in [0.2, 0.25) is 0 Å². The largest absolute Gasteiger partial charge is 0.480 e. The van der Waals surface area contributed by atoms with Gasteiger partial charge in [0.25, 0.3) is 0 Å². The first kappa shape index (κ1) is 33.0. The van der Waals surface area contributed by atoms with Gasteiger partial charge in [-0.25, -0.2) is 4.79 Å². The zero-order valence-electron chi connectivity index (χ0n) is 23.6. The van der Waals surface area contributed by atoms with Gasteiger partial charge in [-0.05, 0) is 43.7 Å². The molecular weight excluding hydrogens is 532 g/mol. The summed E-state index contributed by atoms with van der Waals surface area (Å²) < 4.78 is 0. The third-order valence-corrected chi connectivity index (χ3v) is 6.45. The average Bonchev–Trinajstić information content (AvgIpc) is 3.31. The molecule has 5 atom stereocenters. The zero-order valence-corrected chi connectivity index (χ0v) is 23.6. The van der Waals surface area contributed by atoms with E-state index in [1.807, 2.05) is 38.1 Å². The third kappa shape index (κ3) is 10.4. The molecule has 2 rings (SSSR count). The van der Waals surface area contributed by atoms with Crippen LogP contribution in [0.1, 0.15) is 45.6 Å². The molecule has 0 aliphatic carbocycles. The van der Waals surface area contributed by atoms with Crippen LogP contribution in [0.25, 0.3) is 10.9 Å².